The number of nitrogens with one attached hydrogen (secondary N) is 1. The number of rotatable bonds is 4. The molecule has 0 aliphatic heterocycles. The Kier molecular flexibility index (Phi) is 3.64. The quantitative estimate of drug-likeness (QED) is 0.886. The van der Waals surface area contributed by atoms with Gasteiger partial charge in [-0.05, 0) is 23.8 Å². The molecule has 2 rings (SSSR count). The van der Waals surface area contributed by atoms with E-state index in [1.165, 1.54) is 6.07 Å². The van der Waals surface area contributed by atoms with E-state index in [9.17, 15) is 8.42 Å². The summed E-state index contributed by atoms with van der Waals surface area (Å²) in [6, 6.07) is 15.0. The van der Waals surface area contributed by atoms with E-state index in [4.69, 9.17) is 5.11 Å². The van der Waals surface area contributed by atoms with Crippen molar-refractivity contribution in [1.82, 2.24) is 0 Å². The molecule has 4 nitrogen and oxygen atoms in total. The van der Waals surface area contributed by atoms with Gasteiger partial charge in [-0.25, -0.2) is 8.42 Å². The van der Waals surface area contributed by atoms with Gasteiger partial charge in [-0.15, -0.1) is 0 Å². The van der Waals surface area contributed by atoms with Gasteiger partial charge in [0.05, 0.1) is 11.5 Å². The molecule has 94 valence electrons. The van der Waals surface area contributed by atoms with Crippen LogP contribution in [0.4, 0.5) is 5.69 Å². The van der Waals surface area contributed by atoms with Crippen LogP contribution in [0.25, 0.3) is 0 Å². The van der Waals surface area contributed by atoms with Crippen LogP contribution in [0.1, 0.15) is 5.56 Å². The molecule has 0 aliphatic rings. The highest BCUT2D eigenvalue weighted by atomic mass is 32.2. The van der Waals surface area contributed by atoms with Crippen LogP contribution in [-0.4, -0.2) is 13.5 Å². The second-order valence-corrected chi connectivity index (χ2v) is 5.39. The minimum Gasteiger partial charge on any atom is -0.392 e. The maximum atomic E-state index is 12.2. The average molecular weight is 263 g/mol. The van der Waals surface area contributed by atoms with Gasteiger partial charge in [0.25, 0.3) is 10.0 Å². The van der Waals surface area contributed by atoms with E-state index in [1.54, 1.807) is 48.5 Å². The number of hydrogen-bond donors (Lipinski definition) is 2. The molecule has 0 saturated heterocycles. The molecule has 0 spiro atoms. The highest BCUT2D eigenvalue weighted by Crippen LogP contribution is 2.19. The van der Waals surface area contributed by atoms with Gasteiger partial charge in [0.2, 0.25) is 0 Å². The number of anilines is 1. The Morgan fingerprint density at radius 1 is 0.944 bits per heavy atom. The summed E-state index contributed by atoms with van der Waals surface area (Å²) in [7, 11) is -3.67. The molecule has 2 aromatic rings. The number of aliphatic hydroxyl groups is 1. The van der Waals surface area contributed by atoms with Crippen molar-refractivity contribution in [3.63, 3.8) is 0 Å². The van der Waals surface area contributed by atoms with Gasteiger partial charge in [-0.3, -0.25) is 4.72 Å². The number of aliphatic hydroxyl groups excluding tert-OH is 1. The third-order valence-electron chi connectivity index (χ3n) is 2.46. The Hall–Kier alpha value is -1.85. The predicted octanol–water partition coefficient (Wildman–Crippen LogP) is 1.98. The first-order chi connectivity index (χ1) is 8.63. The molecule has 0 fully saturated rings. The monoisotopic (exact) mass is 263 g/mol. The number of benzene rings is 2. The van der Waals surface area contributed by atoms with E-state index in [-0.39, 0.29) is 11.5 Å². The first-order valence-electron chi connectivity index (χ1n) is 5.40. The summed E-state index contributed by atoms with van der Waals surface area (Å²) in [5, 5.41) is 9.16. The topological polar surface area (TPSA) is 66.4 Å². The molecule has 0 radical (unpaired) electrons. The Labute approximate surface area is 106 Å². The molecule has 2 N–H and O–H groups in total. The van der Waals surface area contributed by atoms with Gasteiger partial charge in [-0.1, -0.05) is 36.4 Å². The van der Waals surface area contributed by atoms with Gasteiger partial charge in [0.1, 0.15) is 0 Å². The third kappa shape index (κ3) is 2.69. The lowest BCUT2D eigenvalue weighted by molar-refractivity contribution is 0.278. The normalized spacial score (nSPS) is 11.2. The van der Waals surface area contributed by atoms with Crippen molar-refractivity contribution in [2.75, 3.05) is 4.72 Å². The molecule has 18 heavy (non-hydrogen) atoms. The Balaban J connectivity index is 2.37. The van der Waals surface area contributed by atoms with Gasteiger partial charge in [0, 0.05) is 5.69 Å². The zero-order valence-electron chi connectivity index (χ0n) is 9.58. The minimum absolute atomic E-state index is 0.0938. The predicted molar refractivity (Wildman–Crippen MR) is 69.6 cm³/mol. The highest BCUT2D eigenvalue weighted by Gasteiger charge is 2.17. The minimum atomic E-state index is -3.67. The lowest BCUT2D eigenvalue weighted by Crippen LogP contribution is -2.14. The number of sulfonamides is 1. The van der Waals surface area contributed by atoms with Crippen LogP contribution >= 0.6 is 0 Å². The lowest BCUT2D eigenvalue weighted by Gasteiger charge is -2.10. The van der Waals surface area contributed by atoms with Crippen molar-refractivity contribution < 1.29 is 13.5 Å². The molecular weight excluding hydrogens is 250 g/mol. The van der Waals surface area contributed by atoms with Crippen LogP contribution in [0.3, 0.4) is 0 Å². The summed E-state index contributed by atoms with van der Waals surface area (Å²) < 4.78 is 26.8. The SMILES string of the molecule is O=S(=O)(Nc1ccccc1)c1ccccc1CO. The second-order valence-electron chi connectivity index (χ2n) is 3.74. The maximum absolute atomic E-state index is 12.2. The standard InChI is InChI=1S/C13H13NO3S/c15-10-11-6-4-5-9-13(11)18(16,17)14-12-7-2-1-3-8-12/h1-9,14-15H,10H2. The van der Waals surface area contributed by atoms with E-state index < -0.39 is 10.0 Å². The molecule has 0 saturated carbocycles. The maximum Gasteiger partial charge on any atom is 0.262 e. The molecule has 2 aromatic carbocycles. The fourth-order valence-corrected chi connectivity index (χ4v) is 2.90. The molecule has 0 aromatic heterocycles. The summed E-state index contributed by atoms with van der Waals surface area (Å²) in [4.78, 5) is 0.0938. The molecule has 0 aliphatic carbocycles. The second kappa shape index (κ2) is 5.20. The largest absolute Gasteiger partial charge is 0.392 e. The van der Waals surface area contributed by atoms with E-state index in [0.29, 0.717) is 11.3 Å². The van der Waals surface area contributed by atoms with Crippen molar-refractivity contribution in [3.05, 3.63) is 60.2 Å². The number of para-hydroxylation sites is 1. The summed E-state index contributed by atoms with van der Waals surface area (Å²) >= 11 is 0. The van der Waals surface area contributed by atoms with Crippen molar-refractivity contribution in [2.24, 2.45) is 0 Å². The van der Waals surface area contributed by atoms with Gasteiger partial charge in [0.15, 0.2) is 0 Å². The van der Waals surface area contributed by atoms with Crippen molar-refractivity contribution in [3.8, 4) is 0 Å². The van der Waals surface area contributed by atoms with Crippen LogP contribution in [0.15, 0.2) is 59.5 Å². The van der Waals surface area contributed by atoms with E-state index in [2.05, 4.69) is 4.72 Å². The molecular formula is C13H13NO3S. The van der Waals surface area contributed by atoms with Crippen LogP contribution < -0.4 is 4.72 Å². The lowest BCUT2D eigenvalue weighted by atomic mass is 10.2. The Morgan fingerprint density at radius 3 is 2.22 bits per heavy atom. The van der Waals surface area contributed by atoms with Gasteiger partial charge >= 0.3 is 0 Å². The number of hydrogen-bond acceptors (Lipinski definition) is 3. The smallest absolute Gasteiger partial charge is 0.262 e. The van der Waals surface area contributed by atoms with E-state index in [0.717, 1.165) is 0 Å². The fourth-order valence-electron chi connectivity index (χ4n) is 1.61. The van der Waals surface area contributed by atoms with Crippen LogP contribution in [0.5, 0.6) is 0 Å². The third-order valence-corrected chi connectivity index (χ3v) is 3.94. The molecule has 0 bridgehead atoms. The zero-order valence-corrected chi connectivity index (χ0v) is 10.4. The highest BCUT2D eigenvalue weighted by molar-refractivity contribution is 7.92. The fraction of sp³-hybridized carbons (Fsp3) is 0.0769. The molecule has 0 unspecified atom stereocenters. The summed E-state index contributed by atoms with van der Waals surface area (Å²) in [5.74, 6) is 0. The molecule has 0 atom stereocenters. The molecule has 0 heterocycles. The van der Waals surface area contributed by atoms with E-state index >= 15 is 0 Å². The summed E-state index contributed by atoms with van der Waals surface area (Å²) in [6.07, 6.45) is 0. The molecule has 5 heteroatoms. The van der Waals surface area contributed by atoms with Crippen molar-refractivity contribution in [2.45, 2.75) is 11.5 Å². The first kappa shape index (κ1) is 12.6. The van der Waals surface area contributed by atoms with Crippen molar-refractivity contribution in [1.29, 1.82) is 0 Å². The Bertz CT molecular complexity index is 624. The zero-order chi connectivity index (χ0) is 13.0. The van der Waals surface area contributed by atoms with Crippen molar-refractivity contribution >= 4 is 15.7 Å². The van der Waals surface area contributed by atoms with Gasteiger partial charge in [-0.2, -0.15) is 0 Å². The summed E-state index contributed by atoms with van der Waals surface area (Å²) in [5.41, 5.74) is 0.867. The first-order valence-corrected chi connectivity index (χ1v) is 6.88. The van der Waals surface area contributed by atoms with Crippen LogP contribution in [0.2, 0.25) is 0 Å². The average Bonchev–Trinajstić information content (AvgIpc) is 2.39. The van der Waals surface area contributed by atoms with Gasteiger partial charge < -0.3 is 5.11 Å². The van der Waals surface area contributed by atoms with Crippen LogP contribution in [0, 0.1) is 0 Å². The van der Waals surface area contributed by atoms with E-state index in [1.807, 2.05) is 0 Å². The summed E-state index contributed by atoms with van der Waals surface area (Å²) in [6.45, 7) is -0.314. The van der Waals surface area contributed by atoms with Crippen LogP contribution in [-0.2, 0) is 16.6 Å². The Morgan fingerprint density at radius 2 is 1.56 bits per heavy atom. The molecule has 0 amide bonds.